The van der Waals surface area contributed by atoms with Crippen LogP contribution in [0.15, 0.2) is 59.0 Å². The van der Waals surface area contributed by atoms with E-state index >= 15 is 0 Å². The highest BCUT2D eigenvalue weighted by Crippen LogP contribution is 2.34. The largest absolute Gasteiger partial charge is 0.476 e. The number of fused-ring (bicyclic) bond motifs is 1. The number of amides is 1. The van der Waals surface area contributed by atoms with Gasteiger partial charge in [0, 0.05) is 5.56 Å². The zero-order chi connectivity index (χ0) is 20.4. The van der Waals surface area contributed by atoms with Crippen LogP contribution in [0.5, 0.6) is 5.75 Å². The van der Waals surface area contributed by atoms with E-state index in [-0.39, 0.29) is 19.0 Å². The summed E-state index contributed by atoms with van der Waals surface area (Å²) in [4.78, 5) is 12.6. The number of para-hydroxylation sites is 2. The Morgan fingerprint density at radius 3 is 2.62 bits per heavy atom. The average Bonchev–Trinajstić information content (AvgIpc) is 3.20. The molecule has 0 bridgehead atoms. The summed E-state index contributed by atoms with van der Waals surface area (Å²) in [5.41, 5.74) is 1.18. The van der Waals surface area contributed by atoms with E-state index in [1.165, 1.54) is 0 Å². The van der Waals surface area contributed by atoms with Crippen LogP contribution in [0.4, 0.5) is 5.69 Å². The minimum atomic E-state index is -3.57. The van der Waals surface area contributed by atoms with Gasteiger partial charge in [-0.05, 0) is 24.3 Å². The number of ether oxygens (including phenoxy) is 1. The zero-order valence-corrected chi connectivity index (χ0v) is 16.3. The van der Waals surface area contributed by atoms with Crippen LogP contribution in [-0.2, 0) is 21.4 Å². The number of anilines is 1. The van der Waals surface area contributed by atoms with E-state index < -0.39 is 22.0 Å². The third-order valence-electron chi connectivity index (χ3n) is 4.33. The number of aromatic nitrogens is 2. The van der Waals surface area contributed by atoms with Crippen LogP contribution in [0.3, 0.4) is 0 Å². The Balaban J connectivity index is 1.45. The fourth-order valence-corrected chi connectivity index (χ4v) is 3.87. The van der Waals surface area contributed by atoms with Crippen molar-refractivity contribution in [1.29, 1.82) is 0 Å². The van der Waals surface area contributed by atoms with Crippen LogP contribution in [0, 0.1) is 0 Å². The van der Waals surface area contributed by atoms with Crippen LogP contribution in [0.25, 0.3) is 11.5 Å². The van der Waals surface area contributed by atoms with Gasteiger partial charge in [-0.1, -0.05) is 30.3 Å². The Labute approximate surface area is 167 Å². The van der Waals surface area contributed by atoms with E-state index in [2.05, 4.69) is 15.5 Å². The zero-order valence-electron chi connectivity index (χ0n) is 15.5. The van der Waals surface area contributed by atoms with Gasteiger partial charge in [-0.3, -0.25) is 9.10 Å². The van der Waals surface area contributed by atoms with Crippen LogP contribution in [-0.4, -0.2) is 43.4 Å². The van der Waals surface area contributed by atoms with Gasteiger partial charge in [-0.2, -0.15) is 0 Å². The average molecular weight is 414 g/mol. The van der Waals surface area contributed by atoms with Gasteiger partial charge >= 0.3 is 0 Å². The number of rotatable bonds is 5. The predicted molar refractivity (Wildman–Crippen MR) is 105 cm³/mol. The fraction of sp³-hybridized carbons (Fsp3) is 0.211. The first kappa shape index (κ1) is 18.9. The van der Waals surface area contributed by atoms with Gasteiger partial charge < -0.3 is 14.5 Å². The lowest BCUT2D eigenvalue weighted by Gasteiger charge is -2.33. The lowest BCUT2D eigenvalue weighted by Crippen LogP contribution is -2.50. The fourth-order valence-electron chi connectivity index (χ4n) is 2.95. The molecule has 0 spiro atoms. The summed E-state index contributed by atoms with van der Waals surface area (Å²) in [5.74, 6) is 0.426. The second-order valence-corrected chi connectivity index (χ2v) is 8.36. The van der Waals surface area contributed by atoms with E-state index in [4.69, 9.17) is 9.15 Å². The molecule has 0 saturated heterocycles. The van der Waals surface area contributed by atoms with Crippen molar-refractivity contribution in [1.82, 2.24) is 15.5 Å². The van der Waals surface area contributed by atoms with Gasteiger partial charge in [0.05, 0.1) is 25.0 Å². The third-order valence-corrected chi connectivity index (χ3v) is 5.48. The molecule has 2 heterocycles. The van der Waals surface area contributed by atoms with E-state index in [1.54, 1.807) is 24.3 Å². The molecule has 0 radical (unpaired) electrons. The highest BCUT2D eigenvalue weighted by molar-refractivity contribution is 7.92. The van der Waals surface area contributed by atoms with Crippen molar-refractivity contribution in [3.05, 3.63) is 60.5 Å². The van der Waals surface area contributed by atoms with Crippen molar-refractivity contribution in [3.8, 4) is 17.2 Å². The first-order valence-corrected chi connectivity index (χ1v) is 10.7. The minimum Gasteiger partial charge on any atom is -0.476 e. The molecule has 1 atom stereocenters. The maximum atomic E-state index is 12.6. The Hall–Kier alpha value is -3.40. The highest BCUT2D eigenvalue weighted by Gasteiger charge is 2.34. The van der Waals surface area contributed by atoms with Crippen molar-refractivity contribution in [2.45, 2.75) is 12.6 Å². The summed E-state index contributed by atoms with van der Waals surface area (Å²) < 4.78 is 36.7. The van der Waals surface area contributed by atoms with Crippen molar-refractivity contribution in [2.24, 2.45) is 0 Å². The number of carbonyl (C=O) groups is 1. The molecule has 1 aliphatic rings. The minimum absolute atomic E-state index is 0.000944. The molecule has 10 heteroatoms. The van der Waals surface area contributed by atoms with Crippen LogP contribution in [0.2, 0.25) is 0 Å². The standard InChI is InChI=1S/C19H18N4O5S/c1-29(25,26)23-12-16(27-15-10-6-5-9-14(15)23)18(24)20-11-17-21-22-19(28-17)13-7-3-2-4-8-13/h2-10,16H,11-12H2,1H3,(H,20,24)/t16-/m0/s1. The summed E-state index contributed by atoms with van der Waals surface area (Å²) in [6.45, 7) is -0.125. The quantitative estimate of drug-likeness (QED) is 0.674. The maximum Gasteiger partial charge on any atom is 0.263 e. The number of sulfonamides is 1. The van der Waals surface area contributed by atoms with Crippen molar-refractivity contribution < 1.29 is 22.4 Å². The molecule has 1 aliphatic heterocycles. The van der Waals surface area contributed by atoms with Crippen molar-refractivity contribution in [2.75, 3.05) is 17.1 Å². The molecule has 29 heavy (non-hydrogen) atoms. The molecule has 0 fully saturated rings. The van der Waals surface area contributed by atoms with E-state index in [0.29, 0.717) is 17.3 Å². The van der Waals surface area contributed by atoms with Gasteiger partial charge in [0.15, 0.2) is 6.10 Å². The van der Waals surface area contributed by atoms with Crippen molar-refractivity contribution >= 4 is 21.6 Å². The molecule has 0 saturated carbocycles. The Kier molecular flexibility index (Phi) is 4.93. The van der Waals surface area contributed by atoms with Crippen LogP contribution >= 0.6 is 0 Å². The SMILES string of the molecule is CS(=O)(=O)N1C[C@@H](C(=O)NCc2nnc(-c3ccccc3)o2)Oc2ccccc21. The lowest BCUT2D eigenvalue weighted by atomic mass is 10.2. The molecule has 2 aromatic carbocycles. The molecule has 1 amide bonds. The first-order valence-electron chi connectivity index (χ1n) is 8.81. The normalized spacial score (nSPS) is 16.0. The topological polar surface area (TPSA) is 115 Å². The monoisotopic (exact) mass is 414 g/mol. The molecule has 1 aromatic heterocycles. The van der Waals surface area contributed by atoms with Crippen LogP contribution < -0.4 is 14.4 Å². The number of hydrogen-bond acceptors (Lipinski definition) is 7. The number of hydrogen-bond donors (Lipinski definition) is 1. The molecular formula is C19H18N4O5S. The molecule has 0 unspecified atom stereocenters. The molecule has 4 rings (SSSR count). The van der Waals surface area contributed by atoms with Gasteiger partial charge in [0.2, 0.25) is 21.8 Å². The smallest absolute Gasteiger partial charge is 0.263 e. The Morgan fingerprint density at radius 1 is 1.14 bits per heavy atom. The molecule has 0 aliphatic carbocycles. The summed E-state index contributed by atoms with van der Waals surface area (Å²) in [6.07, 6.45) is 0.0873. The Bertz CT molecular complexity index is 1130. The third kappa shape index (κ3) is 4.06. The van der Waals surface area contributed by atoms with E-state index in [1.807, 2.05) is 30.3 Å². The van der Waals surface area contributed by atoms with Gasteiger partial charge in [-0.15, -0.1) is 10.2 Å². The van der Waals surface area contributed by atoms with Crippen LogP contribution in [0.1, 0.15) is 5.89 Å². The Morgan fingerprint density at radius 2 is 1.86 bits per heavy atom. The van der Waals surface area contributed by atoms with Gasteiger partial charge in [0.1, 0.15) is 5.75 Å². The molecule has 3 aromatic rings. The maximum absolute atomic E-state index is 12.6. The highest BCUT2D eigenvalue weighted by atomic mass is 32.2. The summed E-state index contributed by atoms with van der Waals surface area (Å²) >= 11 is 0. The molecule has 9 nitrogen and oxygen atoms in total. The first-order chi connectivity index (χ1) is 13.9. The summed E-state index contributed by atoms with van der Waals surface area (Å²) in [5, 5.41) is 10.5. The number of benzene rings is 2. The van der Waals surface area contributed by atoms with Gasteiger partial charge in [0.25, 0.3) is 5.91 Å². The molecule has 150 valence electrons. The second kappa shape index (κ2) is 7.55. The predicted octanol–water partition coefficient (Wildman–Crippen LogP) is 1.58. The molecular weight excluding hydrogens is 396 g/mol. The van der Waals surface area contributed by atoms with E-state index in [9.17, 15) is 13.2 Å². The number of nitrogens with one attached hydrogen (secondary N) is 1. The van der Waals surface area contributed by atoms with E-state index in [0.717, 1.165) is 16.1 Å². The summed E-state index contributed by atoms with van der Waals surface area (Å²) in [6, 6.07) is 15.9. The van der Waals surface area contributed by atoms with Crippen molar-refractivity contribution in [3.63, 3.8) is 0 Å². The number of nitrogens with zero attached hydrogens (tertiary/aromatic N) is 3. The number of carbonyl (C=O) groups excluding carboxylic acids is 1. The molecule has 1 N–H and O–H groups in total. The second-order valence-electron chi connectivity index (χ2n) is 6.45. The lowest BCUT2D eigenvalue weighted by molar-refractivity contribution is -0.128. The van der Waals surface area contributed by atoms with Gasteiger partial charge in [-0.25, -0.2) is 8.42 Å². The summed E-state index contributed by atoms with van der Waals surface area (Å²) in [7, 11) is -3.57.